The summed E-state index contributed by atoms with van der Waals surface area (Å²) in [4.78, 5) is 23.7. The van der Waals surface area contributed by atoms with E-state index in [1.807, 2.05) is 24.6 Å². The third-order valence-corrected chi connectivity index (χ3v) is 4.27. The van der Waals surface area contributed by atoms with Crippen molar-refractivity contribution in [1.29, 1.82) is 0 Å². The number of hydrogen-bond donors (Lipinski definition) is 2. The summed E-state index contributed by atoms with van der Waals surface area (Å²) in [6, 6.07) is 1.71. The van der Waals surface area contributed by atoms with Crippen molar-refractivity contribution < 1.29 is 14.7 Å². The maximum atomic E-state index is 12.4. The zero-order valence-corrected chi connectivity index (χ0v) is 12.6. The van der Waals surface area contributed by atoms with Crippen LogP contribution in [0.15, 0.2) is 12.3 Å². The molecule has 1 saturated carbocycles. The van der Waals surface area contributed by atoms with Crippen LogP contribution in [0.2, 0.25) is 0 Å². The monoisotopic (exact) mass is 293 g/mol. The highest BCUT2D eigenvalue weighted by Gasteiger charge is 2.36. The minimum absolute atomic E-state index is 0.154. The number of carboxylic acids is 1. The van der Waals surface area contributed by atoms with Crippen LogP contribution in [0.5, 0.6) is 0 Å². The number of hydrogen-bond acceptors (Lipinski definition) is 3. The van der Waals surface area contributed by atoms with Crippen molar-refractivity contribution in [3.63, 3.8) is 0 Å². The van der Waals surface area contributed by atoms with E-state index in [4.69, 9.17) is 0 Å². The number of nitrogens with one attached hydrogen (secondary N) is 1. The summed E-state index contributed by atoms with van der Waals surface area (Å²) < 4.78 is 1.83. The first-order valence-corrected chi connectivity index (χ1v) is 7.59. The van der Waals surface area contributed by atoms with Gasteiger partial charge in [-0.05, 0) is 32.8 Å². The number of carbonyl (C=O) groups is 2. The molecule has 3 atom stereocenters. The maximum absolute atomic E-state index is 12.4. The van der Waals surface area contributed by atoms with E-state index in [-0.39, 0.29) is 11.9 Å². The van der Waals surface area contributed by atoms with Crippen LogP contribution in [-0.4, -0.2) is 26.8 Å². The van der Waals surface area contributed by atoms with Crippen LogP contribution in [0.25, 0.3) is 0 Å². The molecule has 0 aliphatic heterocycles. The molecule has 6 heteroatoms. The lowest BCUT2D eigenvalue weighted by molar-refractivity contribution is -0.149. The molecule has 2 rings (SSSR count). The van der Waals surface area contributed by atoms with Gasteiger partial charge in [-0.2, -0.15) is 5.10 Å². The van der Waals surface area contributed by atoms with E-state index in [0.29, 0.717) is 12.8 Å². The van der Waals surface area contributed by atoms with Gasteiger partial charge in [-0.25, -0.2) is 0 Å². The van der Waals surface area contributed by atoms with Crippen molar-refractivity contribution in [2.75, 3.05) is 0 Å². The second kappa shape index (κ2) is 6.74. The molecule has 1 aliphatic rings. The number of carboxylic acid groups (broad SMARTS) is 1. The number of amides is 1. The molecule has 0 spiro atoms. The summed E-state index contributed by atoms with van der Waals surface area (Å²) in [5.41, 5.74) is 0.938. The normalized spacial score (nSPS) is 23.5. The van der Waals surface area contributed by atoms with Crippen LogP contribution in [0.1, 0.15) is 51.3 Å². The van der Waals surface area contributed by atoms with Crippen molar-refractivity contribution >= 4 is 11.9 Å². The molecule has 2 N–H and O–H groups in total. The van der Waals surface area contributed by atoms with Crippen LogP contribution in [0, 0.1) is 11.8 Å². The topological polar surface area (TPSA) is 84.2 Å². The molecule has 1 amide bonds. The molecule has 1 fully saturated rings. The molecule has 0 aromatic carbocycles. The van der Waals surface area contributed by atoms with Crippen molar-refractivity contribution in [3.8, 4) is 0 Å². The Kier molecular flexibility index (Phi) is 4.98. The zero-order valence-electron chi connectivity index (χ0n) is 12.6. The summed E-state index contributed by atoms with van der Waals surface area (Å²) in [5.74, 6) is -1.99. The summed E-state index contributed by atoms with van der Waals surface area (Å²) in [5, 5.41) is 16.4. The summed E-state index contributed by atoms with van der Waals surface area (Å²) in [7, 11) is 0. The lowest BCUT2D eigenvalue weighted by atomic mass is 9.78. The largest absolute Gasteiger partial charge is 0.481 e. The molecule has 0 saturated heterocycles. The predicted octanol–water partition coefficient (Wildman–Crippen LogP) is 1.97. The number of carbonyl (C=O) groups excluding carboxylic acids is 1. The van der Waals surface area contributed by atoms with E-state index in [1.165, 1.54) is 0 Å². The third-order valence-electron chi connectivity index (χ3n) is 4.27. The van der Waals surface area contributed by atoms with Gasteiger partial charge in [-0.1, -0.05) is 12.8 Å². The molecule has 1 aliphatic carbocycles. The molecule has 6 nitrogen and oxygen atoms in total. The molecule has 1 aromatic heterocycles. The van der Waals surface area contributed by atoms with Gasteiger partial charge in [-0.15, -0.1) is 0 Å². The number of aryl methyl sites for hydroxylation is 1. The van der Waals surface area contributed by atoms with E-state index < -0.39 is 17.8 Å². The van der Waals surface area contributed by atoms with E-state index in [0.717, 1.165) is 25.1 Å². The van der Waals surface area contributed by atoms with Gasteiger partial charge in [-0.3, -0.25) is 14.3 Å². The maximum Gasteiger partial charge on any atom is 0.307 e. The minimum Gasteiger partial charge on any atom is -0.481 e. The van der Waals surface area contributed by atoms with Crippen LogP contribution in [-0.2, 0) is 16.1 Å². The van der Waals surface area contributed by atoms with Gasteiger partial charge in [0.05, 0.1) is 23.6 Å². The van der Waals surface area contributed by atoms with Crippen molar-refractivity contribution in [1.82, 2.24) is 15.1 Å². The SMILES string of the molecule is CCn1nccc1[C@H](C)NC(=O)[C@@H]1CCCC[C@@H]1C(=O)O. The van der Waals surface area contributed by atoms with Crippen LogP contribution < -0.4 is 5.32 Å². The Morgan fingerprint density at radius 1 is 1.43 bits per heavy atom. The average Bonchev–Trinajstić information content (AvgIpc) is 2.95. The Morgan fingerprint density at radius 3 is 2.71 bits per heavy atom. The molecule has 1 aromatic rings. The standard InChI is InChI=1S/C15H23N3O3/c1-3-18-13(8-9-16-18)10(2)17-14(19)11-6-4-5-7-12(11)15(20)21/h8-12H,3-7H2,1-2H3,(H,17,19)(H,20,21)/t10-,11+,12-/m0/s1. The molecule has 0 radical (unpaired) electrons. The third kappa shape index (κ3) is 3.43. The number of aromatic nitrogens is 2. The first-order valence-electron chi connectivity index (χ1n) is 7.59. The summed E-state index contributed by atoms with van der Waals surface area (Å²) in [6.07, 6.45) is 4.77. The van der Waals surface area contributed by atoms with Gasteiger partial charge in [0.2, 0.25) is 5.91 Å². The summed E-state index contributed by atoms with van der Waals surface area (Å²) in [6.45, 7) is 4.63. The Balaban J connectivity index is 2.04. The first-order chi connectivity index (χ1) is 10.0. The molecular weight excluding hydrogens is 270 g/mol. The second-order valence-electron chi connectivity index (χ2n) is 5.64. The van der Waals surface area contributed by atoms with Gasteiger partial charge in [0.1, 0.15) is 0 Å². The second-order valence-corrected chi connectivity index (χ2v) is 5.64. The fourth-order valence-corrected chi connectivity index (χ4v) is 3.11. The fraction of sp³-hybridized carbons (Fsp3) is 0.667. The Hall–Kier alpha value is -1.85. The lowest BCUT2D eigenvalue weighted by Gasteiger charge is -2.28. The van der Waals surface area contributed by atoms with Gasteiger partial charge >= 0.3 is 5.97 Å². The Morgan fingerprint density at radius 2 is 2.10 bits per heavy atom. The molecular formula is C15H23N3O3. The fourth-order valence-electron chi connectivity index (χ4n) is 3.11. The van der Waals surface area contributed by atoms with Crippen LogP contribution in [0.4, 0.5) is 0 Å². The van der Waals surface area contributed by atoms with Crippen molar-refractivity contribution in [2.24, 2.45) is 11.8 Å². The van der Waals surface area contributed by atoms with Crippen molar-refractivity contribution in [2.45, 2.75) is 52.1 Å². The highest BCUT2D eigenvalue weighted by molar-refractivity contribution is 5.85. The summed E-state index contributed by atoms with van der Waals surface area (Å²) >= 11 is 0. The smallest absolute Gasteiger partial charge is 0.307 e. The number of rotatable bonds is 5. The van der Waals surface area contributed by atoms with Gasteiger partial charge < -0.3 is 10.4 Å². The van der Waals surface area contributed by atoms with E-state index >= 15 is 0 Å². The quantitative estimate of drug-likeness (QED) is 0.869. The number of nitrogens with zero attached hydrogens (tertiary/aromatic N) is 2. The minimum atomic E-state index is -0.860. The Labute approximate surface area is 124 Å². The van der Waals surface area contributed by atoms with Crippen LogP contribution >= 0.6 is 0 Å². The van der Waals surface area contributed by atoms with Crippen LogP contribution in [0.3, 0.4) is 0 Å². The van der Waals surface area contributed by atoms with Gasteiger partial charge in [0.15, 0.2) is 0 Å². The first kappa shape index (κ1) is 15.5. The molecule has 116 valence electrons. The molecule has 21 heavy (non-hydrogen) atoms. The molecule has 0 bridgehead atoms. The van der Waals surface area contributed by atoms with E-state index in [2.05, 4.69) is 10.4 Å². The number of aliphatic carboxylic acids is 1. The zero-order chi connectivity index (χ0) is 15.4. The molecule has 0 unspecified atom stereocenters. The van der Waals surface area contributed by atoms with Gasteiger partial charge in [0, 0.05) is 12.7 Å². The lowest BCUT2D eigenvalue weighted by Crippen LogP contribution is -2.41. The highest BCUT2D eigenvalue weighted by Crippen LogP contribution is 2.31. The molecule has 1 heterocycles. The Bertz CT molecular complexity index is 512. The van der Waals surface area contributed by atoms with Gasteiger partial charge in [0.25, 0.3) is 0 Å². The average molecular weight is 293 g/mol. The van der Waals surface area contributed by atoms with E-state index in [1.54, 1.807) is 6.20 Å². The van der Waals surface area contributed by atoms with E-state index in [9.17, 15) is 14.7 Å². The predicted molar refractivity (Wildman–Crippen MR) is 77.5 cm³/mol. The highest BCUT2D eigenvalue weighted by atomic mass is 16.4. The van der Waals surface area contributed by atoms with Crippen molar-refractivity contribution in [3.05, 3.63) is 18.0 Å².